The van der Waals surface area contributed by atoms with Gasteiger partial charge in [0.1, 0.15) is 11.6 Å². The van der Waals surface area contributed by atoms with E-state index in [1.807, 2.05) is 13.8 Å². The van der Waals surface area contributed by atoms with Crippen LogP contribution in [0.2, 0.25) is 0 Å². The summed E-state index contributed by atoms with van der Waals surface area (Å²) in [5.41, 5.74) is 1.51. The summed E-state index contributed by atoms with van der Waals surface area (Å²) < 4.78 is 44.0. The average Bonchev–Trinajstić information content (AvgIpc) is 2.85. The van der Waals surface area contributed by atoms with E-state index in [0.717, 1.165) is 12.0 Å². The van der Waals surface area contributed by atoms with Crippen LogP contribution in [0.3, 0.4) is 0 Å². The Kier molecular flexibility index (Phi) is 7.14. The number of hydrogen-bond donors (Lipinski definition) is 0. The molecule has 0 N–H and O–H groups in total. The molecule has 6 nitrogen and oxygen atoms in total. The molecule has 1 unspecified atom stereocenters. The topological polar surface area (TPSA) is 72.3 Å². The minimum absolute atomic E-state index is 0.183. The highest BCUT2D eigenvalue weighted by atomic mass is 32.2. The van der Waals surface area contributed by atoms with Crippen LogP contribution in [-0.2, 0) is 10.0 Å². The van der Waals surface area contributed by atoms with Gasteiger partial charge in [0.25, 0.3) is 5.56 Å². The number of halogens is 1. The van der Waals surface area contributed by atoms with Crippen molar-refractivity contribution < 1.29 is 12.8 Å². The minimum Gasteiger partial charge on any atom is -0.268 e. The smallest absolute Gasteiger partial charge is 0.266 e. The Morgan fingerprint density at radius 1 is 1.00 bits per heavy atom. The van der Waals surface area contributed by atoms with E-state index < -0.39 is 21.9 Å². The van der Waals surface area contributed by atoms with Crippen molar-refractivity contribution in [2.75, 3.05) is 6.54 Å². The molecule has 1 atom stereocenters. The van der Waals surface area contributed by atoms with Crippen molar-refractivity contribution in [3.8, 4) is 5.69 Å². The van der Waals surface area contributed by atoms with Crippen molar-refractivity contribution in [1.29, 1.82) is 0 Å². The van der Waals surface area contributed by atoms with Crippen LogP contribution in [-0.4, -0.2) is 28.8 Å². The summed E-state index contributed by atoms with van der Waals surface area (Å²) in [6.45, 7) is 5.89. The predicted molar refractivity (Wildman–Crippen MR) is 136 cm³/mol. The van der Waals surface area contributed by atoms with Gasteiger partial charge in [-0.15, -0.1) is 0 Å². The fraction of sp³-hybridized carbons (Fsp3) is 0.259. The molecule has 182 valence electrons. The van der Waals surface area contributed by atoms with Crippen LogP contribution >= 0.6 is 0 Å². The summed E-state index contributed by atoms with van der Waals surface area (Å²) in [5.74, 6) is -0.163. The molecule has 0 radical (unpaired) electrons. The maximum absolute atomic E-state index is 13.8. The molecule has 0 fully saturated rings. The lowest BCUT2D eigenvalue weighted by molar-refractivity contribution is 0.322. The molecule has 0 aliphatic heterocycles. The number of aryl methyl sites for hydroxylation is 1. The Hall–Kier alpha value is -3.36. The van der Waals surface area contributed by atoms with E-state index in [-0.39, 0.29) is 22.8 Å². The SMILES string of the molecule is CCCCN(C(C)c1nc2ccccc2c(=O)n1-c1ccc(F)cc1)S(=O)(=O)c1ccc(C)cc1. The monoisotopic (exact) mass is 493 g/mol. The Bertz CT molecular complexity index is 1500. The molecular weight excluding hydrogens is 465 g/mol. The Morgan fingerprint density at radius 2 is 1.66 bits per heavy atom. The summed E-state index contributed by atoms with van der Waals surface area (Å²) in [5, 5.41) is 0.397. The second-order valence-corrected chi connectivity index (χ2v) is 10.5. The van der Waals surface area contributed by atoms with E-state index in [0.29, 0.717) is 23.0 Å². The molecule has 0 aliphatic rings. The standard InChI is InChI=1S/C27H28FN3O3S/c1-4-5-18-30(35(33,34)23-16-10-19(2)11-17-23)20(3)26-29-25-9-7-6-8-24(25)27(32)31(26)22-14-12-21(28)13-15-22/h6-17,20H,4-5,18H2,1-3H3. The lowest BCUT2D eigenvalue weighted by Gasteiger charge is -2.29. The van der Waals surface area contributed by atoms with Gasteiger partial charge in [0.15, 0.2) is 0 Å². The highest BCUT2D eigenvalue weighted by molar-refractivity contribution is 7.89. The molecular formula is C27H28FN3O3S. The maximum atomic E-state index is 13.8. The number of para-hydroxylation sites is 1. The van der Waals surface area contributed by atoms with Gasteiger partial charge in [-0.1, -0.05) is 43.2 Å². The first-order valence-electron chi connectivity index (χ1n) is 11.6. The van der Waals surface area contributed by atoms with E-state index in [4.69, 9.17) is 4.98 Å². The number of fused-ring (bicyclic) bond motifs is 1. The normalized spacial score (nSPS) is 12.8. The van der Waals surface area contributed by atoms with Crippen LogP contribution in [0.25, 0.3) is 16.6 Å². The lowest BCUT2D eigenvalue weighted by Crippen LogP contribution is -2.38. The molecule has 0 saturated carbocycles. The molecule has 35 heavy (non-hydrogen) atoms. The molecule has 1 heterocycles. The summed E-state index contributed by atoms with van der Waals surface area (Å²) in [6, 6.07) is 18.4. The van der Waals surface area contributed by atoms with Gasteiger partial charge in [-0.05, 0) is 68.8 Å². The zero-order valence-electron chi connectivity index (χ0n) is 20.0. The van der Waals surface area contributed by atoms with Crippen LogP contribution in [0.15, 0.2) is 82.5 Å². The van der Waals surface area contributed by atoms with E-state index in [1.165, 1.54) is 33.1 Å². The van der Waals surface area contributed by atoms with Gasteiger partial charge >= 0.3 is 0 Å². The van der Waals surface area contributed by atoms with Gasteiger partial charge in [0.05, 0.1) is 27.5 Å². The molecule has 0 bridgehead atoms. The van der Waals surface area contributed by atoms with Crippen molar-refractivity contribution >= 4 is 20.9 Å². The third-order valence-electron chi connectivity index (χ3n) is 6.05. The number of rotatable bonds is 8. The molecule has 0 saturated heterocycles. The van der Waals surface area contributed by atoms with Crippen LogP contribution in [0.5, 0.6) is 0 Å². The summed E-state index contributed by atoms with van der Waals surface area (Å²) in [4.78, 5) is 18.5. The highest BCUT2D eigenvalue weighted by Crippen LogP contribution is 2.29. The van der Waals surface area contributed by atoms with Crippen LogP contribution < -0.4 is 5.56 Å². The molecule has 1 aromatic heterocycles. The largest absolute Gasteiger partial charge is 0.268 e. The Balaban J connectivity index is 1.94. The molecule has 0 aliphatic carbocycles. The first kappa shape index (κ1) is 24.8. The Labute approximate surface area is 204 Å². The fourth-order valence-electron chi connectivity index (χ4n) is 4.08. The van der Waals surface area contributed by atoms with Crippen molar-refractivity contribution in [1.82, 2.24) is 13.9 Å². The van der Waals surface area contributed by atoms with Gasteiger partial charge in [-0.3, -0.25) is 9.36 Å². The van der Waals surface area contributed by atoms with Gasteiger partial charge in [-0.25, -0.2) is 17.8 Å². The average molecular weight is 494 g/mol. The second kappa shape index (κ2) is 10.1. The molecule has 4 aromatic rings. The zero-order chi connectivity index (χ0) is 25.2. The van der Waals surface area contributed by atoms with E-state index in [2.05, 4.69) is 0 Å². The number of aromatic nitrogens is 2. The van der Waals surface area contributed by atoms with Crippen molar-refractivity contribution in [2.24, 2.45) is 0 Å². The third-order valence-corrected chi connectivity index (χ3v) is 8.04. The van der Waals surface area contributed by atoms with Crippen LogP contribution in [0.4, 0.5) is 4.39 Å². The van der Waals surface area contributed by atoms with Crippen molar-refractivity contribution in [3.05, 3.63) is 100 Å². The number of unbranched alkanes of at least 4 members (excludes halogenated alkanes) is 1. The van der Waals surface area contributed by atoms with Crippen molar-refractivity contribution in [2.45, 2.75) is 44.6 Å². The first-order chi connectivity index (χ1) is 16.7. The summed E-state index contributed by atoms with van der Waals surface area (Å²) in [7, 11) is -3.89. The predicted octanol–water partition coefficient (Wildman–Crippen LogP) is 5.39. The number of nitrogens with zero attached hydrogens (tertiary/aromatic N) is 3. The summed E-state index contributed by atoms with van der Waals surface area (Å²) in [6.07, 6.45) is 1.44. The Morgan fingerprint density at radius 3 is 2.31 bits per heavy atom. The van der Waals surface area contributed by atoms with Gasteiger partial charge in [0, 0.05) is 6.54 Å². The van der Waals surface area contributed by atoms with Gasteiger partial charge in [0.2, 0.25) is 10.0 Å². The number of hydrogen-bond acceptors (Lipinski definition) is 4. The first-order valence-corrected chi connectivity index (χ1v) is 13.0. The quantitative estimate of drug-likeness (QED) is 0.330. The van der Waals surface area contributed by atoms with Crippen LogP contribution in [0.1, 0.15) is 44.1 Å². The van der Waals surface area contributed by atoms with E-state index in [9.17, 15) is 17.6 Å². The maximum Gasteiger partial charge on any atom is 0.266 e. The molecule has 3 aromatic carbocycles. The highest BCUT2D eigenvalue weighted by Gasteiger charge is 2.32. The zero-order valence-corrected chi connectivity index (χ0v) is 20.8. The number of benzene rings is 3. The minimum atomic E-state index is -3.89. The lowest BCUT2D eigenvalue weighted by atomic mass is 10.2. The summed E-state index contributed by atoms with van der Waals surface area (Å²) >= 11 is 0. The van der Waals surface area contributed by atoms with Gasteiger partial charge < -0.3 is 0 Å². The van der Waals surface area contributed by atoms with E-state index in [1.54, 1.807) is 55.5 Å². The fourth-order valence-corrected chi connectivity index (χ4v) is 5.71. The molecule has 8 heteroatoms. The van der Waals surface area contributed by atoms with Crippen molar-refractivity contribution in [3.63, 3.8) is 0 Å². The van der Waals surface area contributed by atoms with E-state index >= 15 is 0 Å². The molecule has 0 amide bonds. The molecule has 4 rings (SSSR count). The molecule has 0 spiro atoms. The van der Waals surface area contributed by atoms with Gasteiger partial charge in [-0.2, -0.15) is 4.31 Å². The second-order valence-electron chi connectivity index (χ2n) is 8.56. The van der Waals surface area contributed by atoms with Crippen LogP contribution in [0, 0.1) is 12.7 Å². The number of sulfonamides is 1. The third kappa shape index (κ3) is 4.90.